The molecule has 252 valence electrons. The smallest absolute Gasteiger partial charge is 0.0416 e. The zero-order valence-corrected chi connectivity index (χ0v) is 31.9. The van der Waals surface area contributed by atoms with Gasteiger partial charge in [0.1, 0.15) is 0 Å². The Balaban J connectivity index is 0.000000313. The van der Waals surface area contributed by atoms with Crippen molar-refractivity contribution in [3.63, 3.8) is 0 Å². The molecule has 1 nitrogen and oxygen atoms in total. The summed E-state index contributed by atoms with van der Waals surface area (Å²) in [5, 5.41) is 3.45. The second-order valence-corrected chi connectivity index (χ2v) is 13.5. The van der Waals surface area contributed by atoms with E-state index < -0.39 is 0 Å². The highest BCUT2D eigenvalue weighted by Crippen LogP contribution is 2.57. The van der Waals surface area contributed by atoms with Gasteiger partial charge in [-0.05, 0) is 111 Å². The number of hydrogen-bond acceptors (Lipinski definition) is 1. The highest BCUT2D eigenvalue weighted by atomic mass is 14.9. The van der Waals surface area contributed by atoms with Crippen molar-refractivity contribution in [2.75, 3.05) is 5.32 Å². The summed E-state index contributed by atoms with van der Waals surface area (Å²) in [6.07, 6.45) is 9.72. The fourth-order valence-electron chi connectivity index (χ4n) is 6.92. The predicted molar refractivity (Wildman–Crippen MR) is 215 cm³/mol. The number of aryl methyl sites for hydroxylation is 3. The number of hydrogen-bond donors (Lipinski definition) is 1. The van der Waals surface area contributed by atoms with Gasteiger partial charge in [0.05, 0.1) is 0 Å². The summed E-state index contributed by atoms with van der Waals surface area (Å²) < 4.78 is 0. The van der Waals surface area contributed by atoms with Crippen LogP contribution in [0.15, 0.2) is 98.1 Å². The minimum Gasteiger partial charge on any atom is -0.355 e. The van der Waals surface area contributed by atoms with E-state index in [-0.39, 0.29) is 5.41 Å². The predicted octanol–water partition coefficient (Wildman–Crippen LogP) is 14.4. The first-order chi connectivity index (χ1) is 22.2. The van der Waals surface area contributed by atoms with Gasteiger partial charge in [-0.15, -0.1) is 0 Å². The Morgan fingerprint density at radius 1 is 0.766 bits per heavy atom. The lowest BCUT2D eigenvalue weighted by atomic mass is 9.56. The third-order valence-corrected chi connectivity index (χ3v) is 9.90. The molecule has 1 aliphatic rings. The molecule has 0 spiro atoms. The monoisotopic (exact) mass is 629 g/mol. The average Bonchev–Trinajstić information content (AvgIpc) is 3.06. The van der Waals surface area contributed by atoms with Crippen molar-refractivity contribution in [3.8, 4) is 0 Å². The Labute approximate surface area is 289 Å². The summed E-state index contributed by atoms with van der Waals surface area (Å²) in [6.45, 7) is 38.6. The van der Waals surface area contributed by atoms with E-state index in [1.807, 2.05) is 32.9 Å². The molecule has 3 aromatic rings. The average molecular weight is 630 g/mol. The van der Waals surface area contributed by atoms with Gasteiger partial charge in [0, 0.05) is 22.4 Å². The minimum absolute atomic E-state index is 0.0883. The van der Waals surface area contributed by atoms with Crippen molar-refractivity contribution in [2.24, 2.45) is 10.8 Å². The molecule has 3 aromatic carbocycles. The zero-order valence-electron chi connectivity index (χ0n) is 31.9. The SMILES string of the molecule is C=C(C)c1ccc(C2=CCC(CC)(CC)/C(=C\CC)C2(C)C)cc1.C=C(C)c1ccccc1C(=C)Nc1cc(C)c(C)cc1C.CC. The first-order valence-corrected chi connectivity index (χ1v) is 17.7. The maximum absolute atomic E-state index is 4.20. The maximum atomic E-state index is 4.20. The van der Waals surface area contributed by atoms with Gasteiger partial charge in [0.25, 0.3) is 0 Å². The fourth-order valence-corrected chi connectivity index (χ4v) is 6.92. The number of allylic oxidation sites excluding steroid dienone is 6. The summed E-state index contributed by atoms with van der Waals surface area (Å²) in [4.78, 5) is 0. The van der Waals surface area contributed by atoms with Crippen molar-refractivity contribution in [2.45, 2.75) is 109 Å². The van der Waals surface area contributed by atoms with Crippen LogP contribution in [0, 0.1) is 31.6 Å². The molecule has 0 amide bonds. The van der Waals surface area contributed by atoms with E-state index in [1.165, 1.54) is 46.2 Å². The summed E-state index contributed by atoms with van der Waals surface area (Å²) >= 11 is 0. The lowest BCUT2D eigenvalue weighted by Crippen LogP contribution is -2.35. The molecule has 0 heterocycles. The van der Waals surface area contributed by atoms with Crippen LogP contribution in [0.25, 0.3) is 22.4 Å². The van der Waals surface area contributed by atoms with Gasteiger partial charge in [0.15, 0.2) is 0 Å². The molecule has 0 saturated heterocycles. The number of rotatable bonds is 9. The quantitative estimate of drug-likeness (QED) is 0.232. The highest BCUT2D eigenvalue weighted by Gasteiger charge is 2.43. The van der Waals surface area contributed by atoms with E-state index >= 15 is 0 Å². The van der Waals surface area contributed by atoms with Crippen molar-refractivity contribution in [1.82, 2.24) is 0 Å². The molecule has 1 aliphatic carbocycles. The third kappa shape index (κ3) is 9.16. The van der Waals surface area contributed by atoms with Crippen molar-refractivity contribution >= 4 is 28.1 Å². The van der Waals surface area contributed by atoms with Crippen molar-refractivity contribution in [1.29, 1.82) is 0 Å². The second-order valence-electron chi connectivity index (χ2n) is 13.5. The Hall–Kier alpha value is -3.84. The molecule has 0 atom stereocenters. The van der Waals surface area contributed by atoms with Crippen LogP contribution in [0.3, 0.4) is 0 Å². The van der Waals surface area contributed by atoms with Gasteiger partial charge in [-0.2, -0.15) is 0 Å². The van der Waals surface area contributed by atoms with Crippen LogP contribution in [0.1, 0.15) is 127 Å². The molecule has 0 aliphatic heterocycles. The molecule has 0 unspecified atom stereocenters. The summed E-state index contributed by atoms with van der Waals surface area (Å²) in [5.41, 5.74) is 16.4. The van der Waals surface area contributed by atoms with Crippen LogP contribution in [-0.4, -0.2) is 0 Å². The molecule has 0 fully saturated rings. The molecule has 47 heavy (non-hydrogen) atoms. The third-order valence-electron chi connectivity index (χ3n) is 9.90. The van der Waals surface area contributed by atoms with Gasteiger partial charge >= 0.3 is 0 Å². The lowest BCUT2D eigenvalue weighted by molar-refractivity contribution is 0.270. The van der Waals surface area contributed by atoms with E-state index in [0.29, 0.717) is 5.41 Å². The van der Waals surface area contributed by atoms with Crippen molar-refractivity contribution < 1.29 is 0 Å². The van der Waals surface area contributed by atoms with E-state index in [0.717, 1.165) is 46.5 Å². The van der Waals surface area contributed by atoms with Crippen LogP contribution >= 0.6 is 0 Å². The van der Waals surface area contributed by atoms with Gasteiger partial charge in [-0.25, -0.2) is 0 Å². The van der Waals surface area contributed by atoms with E-state index in [4.69, 9.17) is 0 Å². The molecule has 1 heteroatoms. The molecule has 0 bridgehead atoms. The van der Waals surface area contributed by atoms with Crippen LogP contribution < -0.4 is 5.32 Å². The largest absolute Gasteiger partial charge is 0.355 e. The van der Waals surface area contributed by atoms with Crippen LogP contribution in [0.5, 0.6) is 0 Å². The van der Waals surface area contributed by atoms with Gasteiger partial charge in [0.2, 0.25) is 0 Å². The summed E-state index contributed by atoms with van der Waals surface area (Å²) in [7, 11) is 0. The normalized spacial score (nSPS) is 15.3. The molecular formula is C46H63N. The van der Waals surface area contributed by atoms with Gasteiger partial charge in [-0.1, -0.05) is 152 Å². The summed E-state index contributed by atoms with van der Waals surface area (Å²) in [5.74, 6) is 0. The molecule has 4 rings (SSSR count). The van der Waals surface area contributed by atoms with Crippen LogP contribution in [-0.2, 0) is 0 Å². The number of anilines is 1. The zero-order chi connectivity index (χ0) is 35.5. The second kappa shape index (κ2) is 17.4. The first kappa shape index (κ1) is 39.3. The minimum atomic E-state index is 0.0883. The number of benzene rings is 3. The van der Waals surface area contributed by atoms with E-state index in [2.05, 4.69) is 148 Å². The number of nitrogens with one attached hydrogen (secondary N) is 1. The maximum Gasteiger partial charge on any atom is 0.0416 e. The Morgan fingerprint density at radius 3 is 1.83 bits per heavy atom. The highest BCUT2D eigenvalue weighted by molar-refractivity contribution is 5.83. The van der Waals surface area contributed by atoms with Crippen LogP contribution in [0.4, 0.5) is 5.69 Å². The Morgan fingerprint density at radius 2 is 1.32 bits per heavy atom. The molecule has 1 N–H and O–H groups in total. The van der Waals surface area contributed by atoms with Gasteiger partial charge < -0.3 is 5.32 Å². The Kier molecular flexibility index (Phi) is 14.5. The lowest BCUT2D eigenvalue weighted by Gasteiger charge is -2.48. The first-order valence-electron chi connectivity index (χ1n) is 17.7. The topological polar surface area (TPSA) is 12.0 Å². The van der Waals surface area contributed by atoms with E-state index in [9.17, 15) is 0 Å². The molecular weight excluding hydrogens is 567 g/mol. The molecule has 0 radical (unpaired) electrons. The molecule has 0 saturated carbocycles. The van der Waals surface area contributed by atoms with Crippen LogP contribution in [0.2, 0.25) is 0 Å². The van der Waals surface area contributed by atoms with Gasteiger partial charge in [-0.3, -0.25) is 0 Å². The van der Waals surface area contributed by atoms with E-state index in [1.54, 1.807) is 5.57 Å². The van der Waals surface area contributed by atoms with Crippen molar-refractivity contribution in [3.05, 3.63) is 137 Å². The fraction of sp³-hybridized carbons (Fsp3) is 0.391. The standard InChI is InChI=1S/C24H34.C20H23N.C2H6/c1-8-11-22-23(6,7)21(16-17-24(22,9-2)10-3)20-14-12-19(13-15-20)18(4)5;1-13(2)18-9-7-8-10-19(18)17(6)21-20-12-15(4)14(3)11-16(20)5;1-2/h11-16H,4,8-10,17H2,1-3,5-7H3;7-12,21H,1,6H2,2-5H3;1-2H3/b22-11-;;. The summed E-state index contributed by atoms with van der Waals surface area (Å²) in [6, 6.07) is 21.6. The Bertz CT molecular complexity index is 1600. The molecule has 0 aromatic heterocycles.